The largest absolute Gasteiger partial charge is 0.483 e. The zero-order valence-corrected chi connectivity index (χ0v) is 15.7. The number of ketones is 1. The topological polar surface area (TPSA) is 43.6 Å². The molecule has 0 aliphatic carbocycles. The van der Waals surface area contributed by atoms with Gasteiger partial charge in [-0.1, -0.05) is 54.6 Å². The summed E-state index contributed by atoms with van der Waals surface area (Å²) in [5.74, 6) is 0.529. The molecule has 0 fully saturated rings. The summed E-state index contributed by atoms with van der Waals surface area (Å²) in [6.07, 6.45) is 3.64. The molecule has 29 heavy (non-hydrogen) atoms. The monoisotopic (exact) mass is 378 g/mol. The molecule has 4 heteroatoms. The number of rotatable bonds is 5. The number of hydrogen-bond acceptors (Lipinski definition) is 3. The number of hydrogen-bond donors (Lipinski definition) is 0. The van der Waals surface area contributed by atoms with E-state index in [0.29, 0.717) is 11.4 Å². The van der Waals surface area contributed by atoms with Crippen LogP contribution in [0.2, 0.25) is 0 Å². The third-order valence-corrected chi connectivity index (χ3v) is 4.98. The number of pyridine rings is 2. The summed E-state index contributed by atoms with van der Waals surface area (Å²) in [5, 5.41) is 0.982. The van der Waals surface area contributed by atoms with E-state index in [9.17, 15) is 4.79 Å². The maximum absolute atomic E-state index is 13.3. The Morgan fingerprint density at radius 3 is 2.62 bits per heavy atom. The van der Waals surface area contributed by atoms with Crippen molar-refractivity contribution in [3.63, 3.8) is 0 Å². The number of fused-ring (bicyclic) bond motifs is 2. The summed E-state index contributed by atoms with van der Waals surface area (Å²) in [5.41, 5.74) is 4.26. The quantitative estimate of drug-likeness (QED) is 0.384. The Morgan fingerprint density at radius 1 is 0.897 bits per heavy atom. The third-order valence-electron chi connectivity index (χ3n) is 4.98. The van der Waals surface area contributed by atoms with Crippen molar-refractivity contribution >= 4 is 22.2 Å². The van der Waals surface area contributed by atoms with Crippen LogP contribution in [0.4, 0.5) is 0 Å². The van der Waals surface area contributed by atoms with Gasteiger partial charge in [0.05, 0.1) is 0 Å². The number of carbonyl (C=O) groups is 1. The summed E-state index contributed by atoms with van der Waals surface area (Å²) in [6, 6.07) is 27.5. The maximum atomic E-state index is 13.3. The van der Waals surface area contributed by atoms with E-state index < -0.39 is 0 Å². The molecule has 4 nitrogen and oxygen atoms in total. The molecule has 0 aliphatic rings. The molecule has 0 saturated heterocycles. The van der Waals surface area contributed by atoms with Gasteiger partial charge in [-0.25, -0.2) is 0 Å². The molecule has 0 N–H and O–H groups in total. The first-order chi connectivity index (χ1) is 14.3. The molecule has 0 atom stereocenters. The molecule has 0 spiro atoms. The Labute approximate surface area is 168 Å². The lowest BCUT2D eigenvalue weighted by Crippen LogP contribution is -2.15. The predicted octanol–water partition coefficient (Wildman–Crippen LogP) is 5.42. The molecule has 0 amide bonds. The predicted molar refractivity (Wildman–Crippen MR) is 114 cm³/mol. The van der Waals surface area contributed by atoms with Crippen LogP contribution in [0.3, 0.4) is 0 Å². The normalized spacial score (nSPS) is 11.0. The molecular formula is C25H18N2O2. The van der Waals surface area contributed by atoms with E-state index in [2.05, 4.69) is 4.98 Å². The molecule has 3 heterocycles. The van der Waals surface area contributed by atoms with Crippen molar-refractivity contribution in [1.82, 2.24) is 9.38 Å². The van der Waals surface area contributed by atoms with Crippen LogP contribution in [0.25, 0.3) is 27.5 Å². The molecule has 140 valence electrons. The highest BCUT2D eigenvalue weighted by molar-refractivity contribution is 6.04. The zero-order valence-electron chi connectivity index (χ0n) is 15.7. The fourth-order valence-corrected chi connectivity index (χ4v) is 3.65. The van der Waals surface area contributed by atoms with Gasteiger partial charge in [-0.2, -0.15) is 0 Å². The van der Waals surface area contributed by atoms with Gasteiger partial charge in [0, 0.05) is 28.9 Å². The molecule has 0 aliphatic heterocycles. The summed E-state index contributed by atoms with van der Waals surface area (Å²) in [7, 11) is 0. The molecular weight excluding hydrogens is 360 g/mol. The van der Waals surface area contributed by atoms with Gasteiger partial charge in [0.1, 0.15) is 17.0 Å². The van der Waals surface area contributed by atoms with Gasteiger partial charge in [0.2, 0.25) is 5.78 Å². The highest BCUT2D eigenvalue weighted by Gasteiger charge is 2.19. The van der Waals surface area contributed by atoms with Gasteiger partial charge in [-0.05, 0) is 35.9 Å². The average Bonchev–Trinajstić information content (AvgIpc) is 3.18. The second-order valence-corrected chi connectivity index (χ2v) is 6.81. The van der Waals surface area contributed by atoms with Crippen molar-refractivity contribution in [3.05, 3.63) is 103 Å². The van der Waals surface area contributed by atoms with Gasteiger partial charge in [-0.15, -0.1) is 0 Å². The number of nitrogens with zero attached hydrogens (tertiary/aromatic N) is 2. The number of benzene rings is 2. The molecule has 0 saturated carbocycles. The van der Waals surface area contributed by atoms with Crippen molar-refractivity contribution in [1.29, 1.82) is 0 Å². The van der Waals surface area contributed by atoms with Gasteiger partial charge in [0.15, 0.2) is 6.61 Å². The molecule has 0 radical (unpaired) electrons. The van der Waals surface area contributed by atoms with Gasteiger partial charge in [-0.3, -0.25) is 9.78 Å². The van der Waals surface area contributed by atoms with Crippen LogP contribution in [-0.4, -0.2) is 21.8 Å². The minimum absolute atomic E-state index is 0.0590. The zero-order chi connectivity index (χ0) is 19.6. The fraction of sp³-hybridized carbons (Fsp3) is 0.0400. The van der Waals surface area contributed by atoms with Crippen molar-refractivity contribution in [2.45, 2.75) is 0 Å². The first-order valence-corrected chi connectivity index (χ1v) is 9.46. The molecule has 0 unspecified atom stereocenters. The lowest BCUT2D eigenvalue weighted by Gasteiger charge is -2.10. The Morgan fingerprint density at radius 2 is 1.72 bits per heavy atom. The average molecular weight is 378 g/mol. The Balaban J connectivity index is 1.53. The second kappa shape index (κ2) is 7.24. The van der Waals surface area contributed by atoms with E-state index in [-0.39, 0.29) is 12.4 Å². The second-order valence-electron chi connectivity index (χ2n) is 6.81. The van der Waals surface area contributed by atoms with E-state index in [1.165, 1.54) is 0 Å². The van der Waals surface area contributed by atoms with Crippen molar-refractivity contribution in [2.75, 3.05) is 6.61 Å². The number of ether oxygens (including phenoxy) is 1. The van der Waals surface area contributed by atoms with Crippen LogP contribution < -0.4 is 4.74 Å². The minimum atomic E-state index is -0.0806. The van der Waals surface area contributed by atoms with E-state index in [0.717, 1.165) is 27.5 Å². The molecule has 5 aromatic rings. The smallest absolute Gasteiger partial charge is 0.217 e. The van der Waals surface area contributed by atoms with E-state index in [1.807, 2.05) is 95.5 Å². The van der Waals surface area contributed by atoms with Gasteiger partial charge in [0.25, 0.3) is 0 Å². The van der Waals surface area contributed by atoms with Crippen LogP contribution in [0.15, 0.2) is 97.3 Å². The van der Waals surface area contributed by atoms with Crippen LogP contribution in [-0.2, 0) is 0 Å². The first kappa shape index (κ1) is 17.2. The number of carbonyl (C=O) groups excluding carboxylic acids is 1. The lowest BCUT2D eigenvalue weighted by molar-refractivity contribution is 0.0917. The number of Topliss-reactive ketones (excluding diaryl/α,β-unsaturated/α-hetero) is 1. The van der Waals surface area contributed by atoms with Gasteiger partial charge >= 0.3 is 0 Å². The van der Waals surface area contributed by atoms with Crippen molar-refractivity contribution < 1.29 is 9.53 Å². The Bertz CT molecular complexity index is 1320. The van der Waals surface area contributed by atoms with Crippen LogP contribution in [0.1, 0.15) is 10.5 Å². The van der Waals surface area contributed by atoms with E-state index in [1.54, 1.807) is 6.20 Å². The number of para-hydroxylation sites is 1. The Kier molecular flexibility index (Phi) is 4.30. The summed E-state index contributed by atoms with van der Waals surface area (Å²) < 4.78 is 7.85. The highest BCUT2D eigenvalue weighted by Crippen LogP contribution is 2.29. The first-order valence-electron chi connectivity index (χ1n) is 9.46. The van der Waals surface area contributed by atoms with Crippen LogP contribution in [0, 0.1) is 0 Å². The van der Waals surface area contributed by atoms with Crippen LogP contribution in [0.5, 0.6) is 5.75 Å². The standard InChI is InChI=1S/C25H18N2O2/c28-22(17-29-23-13-6-10-19-11-7-14-26-24(19)23)25-21(18-8-2-1-3-9-18)16-20-12-4-5-15-27(20)25/h1-16H,17H2. The third kappa shape index (κ3) is 3.15. The maximum Gasteiger partial charge on any atom is 0.217 e. The summed E-state index contributed by atoms with van der Waals surface area (Å²) >= 11 is 0. The number of aromatic nitrogens is 2. The fourth-order valence-electron chi connectivity index (χ4n) is 3.65. The summed E-state index contributed by atoms with van der Waals surface area (Å²) in [6.45, 7) is -0.0590. The SMILES string of the molecule is O=C(COc1cccc2cccnc12)c1c(-c2ccccc2)cc2ccccn12. The molecule has 0 bridgehead atoms. The molecule has 5 rings (SSSR count). The highest BCUT2D eigenvalue weighted by atomic mass is 16.5. The molecule has 2 aromatic carbocycles. The summed E-state index contributed by atoms with van der Waals surface area (Å²) in [4.78, 5) is 17.7. The Hall–Kier alpha value is -3.92. The van der Waals surface area contributed by atoms with E-state index in [4.69, 9.17) is 4.74 Å². The van der Waals surface area contributed by atoms with Crippen LogP contribution >= 0.6 is 0 Å². The molecule has 3 aromatic heterocycles. The van der Waals surface area contributed by atoms with Gasteiger partial charge < -0.3 is 9.14 Å². The van der Waals surface area contributed by atoms with Crippen molar-refractivity contribution in [3.8, 4) is 16.9 Å². The minimum Gasteiger partial charge on any atom is -0.483 e. The van der Waals surface area contributed by atoms with E-state index >= 15 is 0 Å². The lowest BCUT2D eigenvalue weighted by atomic mass is 10.0. The van der Waals surface area contributed by atoms with Crippen molar-refractivity contribution in [2.24, 2.45) is 0 Å².